The molecule has 6 heteroatoms. The molecule has 0 saturated carbocycles. The van der Waals surface area contributed by atoms with Gasteiger partial charge in [-0.05, 0) is 72.7 Å². The summed E-state index contributed by atoms with van der Waals surface area (Å²) in [4.78, 5) is 24.5. The number of carbonyl (C=O) groups excluding carboxylic acids is 1. The van der Waals surface area contributed by atoms with Crippen molar-refractivity contribution in [3.05, 3.63) is 88.1 Å². The normalized spacial score (nSPS) is 10.6. The molecule has 0 unspecified atom stereocenters. The molecule has 33 heavy (non-hydrogen) atoms. The fraction of sp³-hybridized carbons (Fsp3) is 0.111. The summed E-state index contributed by atoms with van der Waals surface area (Å²) in [6.07, 6.45) is 6.98. The van der Waals surface area contributed by atoms with Gasteiger partial charge in [0.2, 0.25) is 0 Å². The van der Waals surface area contributed by atoms with Gasteiger partial charge in [-0.15, -0.1) is 6.42 Å². The van der Waals surface area contributed by atoms with Crippen LogP contribution in [0.2, 0.25) is 0 Å². The van der Waals surface area contributed by atoms with Gasteiger partial charge in [0.1, 0.15) is 5.82 Å². The van der Waals surface area contributed by atoms with Crippen LogP contribution >= 0.6 is 0 Å². The zero-order chi connectivity index (χ0) is 23.7. The number of nitrogens with one attached hydrogen (secondary N) is 2. The van der Waals surface area contributed by atoms with Crippen LogP contribution in [0.3, 0.4) is 0 Å². The second kappa shape index (κ2) is 8.64. The van der Waals surface area contributed by atoms with Crippen molar-refractivity contribution in [3.63, 3.8) is 0 Å². The zero-order valence-electron chi connectivity index (χ0n) is 18.5. The molecule has 2 N–H and O–H groups in total. The minimum absolute atomic E-state index is 0.106. The number of nitrogens with zero attached hydrogens (tertiary/aromatic N) is 1. The van der Waals surface area contributed by atoms with Gasteiger partial charge in [-0.25, -0.2) is 4.39 Å². The van der Waals surface area contributed by atoms with Crippen LogP contribution in [0, 0.1) is 32.0 Å². The molecule has 1 amide bonds. The number of anilines is 3. The molecule has 5 nitrogen and oxygen atoms in total. The van der Waals surface area contributed by atoms with Gasteiger partial charge in [0.05, 0.1) is 0 Å². The molecule has 0 saturated heterocycles. The number of benzene rings is 3. The first-order valence-corrected chi connectivity index (χ1v) is 10.3. The van der Waals surface area contributed by atoms with E-state index in [9.17, 15) is 14.0 Å². The van der Waals surface area contributed by atoms with E-state index in [1.54, 1.807) is 31.4 Å². The first-order valence-electron chi connectivity index (χ1n) is 10.3. The van der Waals surface area contributed by atoms with Gasteiger partial charge < -0.3 is 15.2 Å². The van der Waals surface area contributed by atoms with Gasteiger partial charge in [-0.2, -0.15) is 0 Å². The van der Waals surface area contributed by atoms with Gasteiger partial charge in [-0.1, -0.05) is 18.2 Å². The number of aryl methyl sites for hydroxylation is 3. The van der Waals surface area contributed by atoms with Gasteiger partial charge in [0, 0.05) is 46.8 Å². The highest BCUT2D eigenvalue weighted by Gasteiger charge is 2.15. The predicted molar refractivity (Wildman–Crippen MR) is 131 cm³/mol. The van der Waals surface area contributed by atoms with Crippen LogP contribution in [-0.4, -0.2) is 10.5 Å². The molecule has 0 aliphatic rings. The summed E-state index contributed by atoms with van der Waals surface area (Å²) in [6, 6.07) is 15.7. The lowest BCUT2D eigenvalue weighted by atomic mass is 9.97. The number of fused-ring (bicyclic) bond motifs is 1. The minimum Gasteiger partial charge on any atom is -0.355 e. The third kappa shape index (κ3) is 4.21. The summed E-state index contributed by atoms with van der Waals surface area (Å²) >= 11 is 0. The van der Waals surface area contributed by atoms with Crippen molar-refractivity contribution >= 4 is 33.7 Å². The van der Waals surface area contributed by atoms with E-state index in [0.717, 1.165) is 39.0 Å². The minimum atomic E-state index is -0.558. The van der Waals surface area contributed by atoms with E-state index in [1.807, 2.05) is 44.0 Å². The van der Waals surface area contributed by atoms with Crippen LogP contribution in [0.15, 0.2) is 65.6 Å². The Balaban J connectivity index is 1.97. The maximum absolute atomic E-state index is 13.8. The second-order valence-electron chi connectivity index (χ2n) is 7.90. The SMILES string of the molecule is C#CC(=O)Nc1ccc(Nc2c(C)cc(F)cc2C)c(-c2cn(C)c(=O)c3ccccc23)c1. The summed E-state index contributed by atoms with van der Waals surface area (Å²) in [7, 11) is 1.70. The Hall–Kier alpha value is -4.37. The Morgan fingerprint density at radius 1 is 1.00 bits per heavy atom. The Kier molecular flexibility index (Phi) is 5.72. The number of rotatable bonds is 4. The van der Waals surface area contributed by atoms with E-state index in [2.05, 4.69) is 10.6 Å². The standard InChI is InChI=1S/C27H22FN3O2/c1-5-25(32)29-19-10-11-24(30-26-16(2)12-18(28)13-17(26)3)22(14-19)23-15-31(4)27(33)21-9-7-6-8-20(21)23/h1,6-15,30H,2-4H3,(H,29,32). The molecule has 1 heterocycles. The smallest absolute Gasteiger partial charge is 0.300 e. The average molecular weight is 439 g/mol. The Labute approximate surface area is 190 Å². The lowest BCUT2D eigenvalue weighted by Gasteiger charge is -2.19. The molecule has 0 fully saturated rings. The summed E-state index contributed by atoms with van der Waals surface area (Å²) in [5.41, 5.74) is 4.99. The van der Waals surface area contributed by atoms with Crippen molar-refractivity contribution in [1.29, 1.82) is 0 Å². The highest BCUT2D eigenvalue weighted by Crippen LogP contribution is 2.37. The molecule has 4 aromatic rings. The Morgan fingerprint density at radius 2 is 1.67 bits per heavy atom. The number of terminal acetylenes is 1. The fourth-order valence-electron chi connectivity index (χ4n) is 3.99. The maximum Gasteiger partial charge on any atom is 0.300 e. The first kappa shape index (κ1) is 21.8. The topological polar surface area (TPSA) is 63.1 Å². The zero-order valence-corrected chi connectivity index (χ0v) is 18.5. The van der Waals surface area contributed by atoms with Crippen LogP contribution in [0.1, 0.15) is 11.1 Å². The van der Waals surface area contributed by atoms with E-state index in [4.69, 9.17) is 6.42 Å². The number of hydrogen-bond donors (Lipinski definition) is 2. The largest absolute Gasteiger partial charge is 0.355 e. The molecule has 3 aromatic carbocycles. The number of pyridine rings is 1. The monoisotopic (exact) mass is 439 g/mol. The van der Waals surface area contributed by atoms with Gasteiger partial charge >= 0.3 is 0 Å². The lowest BCUT2D eigenvalue weighted by Crippen LogP contribution is -2.16. The van der Waals surface area contributed by atoms with Crippen LogP contribution in [0.25, 0.3) is 21.9 Å². The average Bonchev–Trinajstić information content (AvgIpc) is 2.79. The van der Waals surface area contributed by atoms with Crippen molar-refractivity contribution < 1.29 is 9.18 Å². The third-order valence-electron chi connectivity index (χ3n) is 5.55. The lowest BCUT2D eigenvalue weighted by molar-refractivity contribution is -0.111. The van der Waals surface area contributed by atoms with E-state index in [-0.39, 0.29) is 11.4 Å². The molecule has 0 atom stereocenters. The van der Waals surface area contributed by atoms with Crippen molar-refractivity contribution in [1.82, 2.24) is 4.57 Å². The fourth-order valence-corrected chi connectivity index (χ4v) is 3.99. The highest BCUT2D eigenvalue weighted by molar-refractivity contribution is 6.05. The van der Waals surface area contributed by atoms with Crippen molar-refractivity contribution in [2.75, 3.05) is 10.6 Å². The van der Waals surface area contributed by atoms with Gasteiger partial charge in [-0.3, -0.25) is 9.59 Å². The molecular weight excluding hydrogens is 417 g/mol. The molecule has 0 aliphatic heterocycles. The summed E-state index contributed by atoms with van der Waals surface area (Å²) < 4.78 is 15.4. The molecule has 164 valence electrons. The van der Waals surface area contributed by atoms with Crippen molar-refractivity contribution in [2.24, 2.45) is 7.05 Å². The summed E-state index contributed by atoms with van der Waals surface area (Å²) in [6.45, 7) is 3.67. The van der Waals surface area contributed by atoms with E-state index < -0.39 is 5.91 Å². The van der Waals surface area contributed by atoms with Gasteiger partial charge in [0.15, 0.2) is 0 Å². The molecule has 0 aliphatic carbocycles. The molecule has 0 bridgehead atoms. The Morgan fingerprint density at radius 3 is 2.33 bits per heavy atom. The number of carbonyl (C=O) groups is 1. The van der Waals surface area contributed by atoms with E-state index >= 15 is 0 Å². The number of amides is 1. The maximum atomic E-state index is 13.8. The molecule has 0 spiro atoms. The highest BCUT2D eigenvalue weighted by atomic mass is 19.1. The van der Waals surface area contributed by atoms with Crippen molar-refractivity contribution in [3.8, 4) is 23.5 Å². The summed E-state index contributed by atoms with van der Waals surface area (Å²) in [5, 5.41) is 7.45. The molecular formula is C27H22FN3O2. The van der Waals surface area contributed by atoms with Crippen molar-refractivity contribution in [2.45, 2.75) is 13.8 Å². The molecule has 4 rings (SSSR count). The van der Waals surface area contributed by atoms with Crippen LogP contribution in [-0.2, 0) is 11.8 Å². The number of halogens is 1. The van der Waals surface area contributed by atoms with Crippen LogP contribution in [0.4, 0.5) is 21.5 Å². The quantitative estimate of drug-likeness (QED) is 0.426. The first-order chi connectivity index (χ1) is 15.8. The molecule has 0 radical (unpaired) electrons. The Bertz CT molecular complexity index is 1490. The third-order valence-corrected chi connectivity index (χ3v) is 5.55. The molecule has 1 aromatic heterocycles. The van der Waals surface area contributed by atoms with Crippen LogP contribution in [0.5, 0.6) is 0 Å². The number of hydrogen-bond acceptors (Lipinski definition) is 3. The second-order valence-corrected chi connectivity index (χ2v) is 7.90. The van der Waals surface area contributed by atoms with E-state index in [0.29, 0.717) is 11.1 Å². The predicted octanol–water partition coefficient (Wildman–Crippen LogP) is 5.28. The number of aromatic nitrogens is 1. The van der Waals surface area contributed by atoms with Crippen LogP contribution < -0.4 is 16.2 Å². The van der Waals surface area contributed by atoms with E-state index in [1.165, 1.54) is 16.7 Å². The summed E-state index contributed by atoms with van der Waals surface area (Å²) in [5.74, 6) is 1.19. The van der Waals surface area contributed by atoms with Gasteiger partial charge in [0.25, 0.3) is 11.5 Å².